The highest BCUT2D eigenvalue weighted by molar-refractivity contribution is 6.31. The van der Waals surface area contributed by atoms with Gasteiger partial charge in [-0.3, -0.25) is 0 Å². The van der Waals surface area contributed by atoms with Gasteiger partial charge in [0.1, 0.15) is 5.82 Å². The Labute approximate surface area is 170 Å². The third kappa shape index (κ3) is 5.10. The smallest absolute Gasteiger partial charge is 0.192 e. The van der Waals surface area contributed by atoms with Crippen LogP contribution in [0.5, 0.6) is 0 Å². The molecule has 0 aliphatic carbocycles. The molecular weight excluding hydrogens is 372 g/mol. The molecule has 0 radical (unpaired) electrons. The molecular formula is C21H25ClN6. The summed E-state index contributed by atoms with van der Waals surface area (Å²) >= 11 is 6.27. The number of hydrogen-bond donors (Lipinski definition) is 2. The van der Waals surface area contributed by atoms with E-state index in [2.05, 4.69) is 39.9 Å². The molecule has 1 heterocycles. The summed E-state index contributed by atoms with van der Waals surface area (Å²) in [5.74, 6) is 2.41. The summed E-state index contributed by atoms with van der Waals surface area (Å²) in [6.07, 6.45) is 0. The second-order valence-electron chi connectivity index (χ2n) is 6.61. The predicted octanol–water partition coefficient (Wildman–Crippen LogP) is 3.77. The molecule has 1 atom stereocenters. The van der Waals surface area contributed by atoms with Gasteiger partial charge < -0.3 is 15.2 Å². The molecule has 6 nitrogen and oxygen atoms in total. The van der Waals surface area contributed by atoms with Crippen molar-refractivity contribution in [1.29, 1.82) is 0 Å². The minimum Gasteiger partial charge on any atom is -0.350 e. The number of halogens is 1. The maximum absolute atomic E-state index is 6.27. The van der Waals surface area contributed by atoms with E-state index in [1.165, 1.54) is 5.56 Å². The Morgan fingerprint density at radius 1 is 1.11 bits per heavy atom. The minimum absolute atomic E-state index is 0.0972. The highest BCUT2D eigenvalue weighted by atomic mass is 35.5. The average Bonchev–Trinajstić information content (AvgIpc) is 3.03. The molecule has 3 rings (SSSR count). The van der Waals surface area contributed by atoms with Crippen LogP contribution in [0.3, 0.4) is 0 Å². The van der Waals surface area contributed by atoms with Crippen LogP contribution in [0.25, 0.3) is 0 Å². The van der Waals surface area contributed by atoms with Gasteiger partial charge in [0.05, 0.1) is 19.1 Å². The van der Waals surface area contributed by atoms with Crippen LogP contribution in [-0.4, -0.2) is 20.7 Å². The summed E-state index contributed by atoms with van der Waals surface area (Å²) in [7, 11) is 1.95. The molecule has 0 saturated carbocycles. The molecule has 146 valence electrons. The van der Waals surface area contributed by atoms with Gasteiger partial charge in [0, 0.05) is 12.1 Å². The summed E-state index contributed by atoms with van der Waals surface area (Å²) < 4.78 is 1.96. The molecule has 0 amide bonds. The van der Waals surface area contributed by atoms with Crippen LogP contribution in [0, 0.1) is 6.92 Å². The van der Waals surface area contributed by atoms with E-state index >= 15 is 0 Å². The van der Waals surface area contributed by atoms with Gasteiger partial charge >= 0.3 is 0 Å². The van der Waals surface area contributed by atoms with Crippen LogP contribution in [0.2, 0.25) is 5.02 Å². The SMILES string of the molecule is Cc1nnc(CNC(=NCc2ccccc2Cl)NC(C)c2ccccc2)n1C. The van der Waals surface area contributed by atoms with Gasteiger partial charge in [-0.15, -0.1) is 10.2 Å². The summed E-state index contributed by atoms with van der Waals surface area (Å²) in [5.41, 5.74) is 2.16. The molecule has 0 bridgehead atoms. The van der Waals surface area contributed by atoms with E-state index in [0.29, 0.717) is 24.1 Å². The van der Waals surface area contributed by atoms with Crippen LogP contribution < -0.4 is 10.6 Å². The Kier molecular flexibility index (Phi) is 6.66. The lowest BCUT2D eigenvalue weighted by Gasteiger charge is -2.19. The summed E-state index contributed by atoms with van der Waals surface area (Å²) in [4.78, 5) is 4.72. The lowest BCUT2D eigenvalue weighted by molar-refractivity contribution is 0.664. The molecule has 0 fully saturated rings. The normalized spacial score (nSPS) is 12.6. The van der Waals surface area contributed by atoms with Gasteiger partial charge in [0.15, 0.2) is 11.8 Å². The van der Waals surface area contributed by atoms with Crippen molar-refractivity contribution < 1.29 is 0 Å². The Balaban J connectivity index is 1.75. The number of nitrogens with one attached hydrogen (secondary N) is 2. The van der Waals surface area contributed by atoms with Crippen molar-refractivity contribution in [1.82, 2.24) is 25.4 Å². The van der Waals surface area contributed by atoms with Crippen molar-refractivity contribution in [3.63, 3.8) is 0 Å². The largest absolute Gasteiger partial charge is 0.350 e. The second-order valence-corrected chi connectivity index (χ2v) is 7.02. The molecule has 0 spiro atoms. The van der Waals surface area contributed by atoms with Crippen LogP contribution >= 0.6 is 11.6 Å². The molecule has 28 heavy (non-hydrogen) atoms. The Morgan fingerprint density at radius 3 is 2.50 bits per heavy atom. The van der Waals surface area contributed by atoms with Gasteiger partial charge in [-0.2, -0.15) is 0 Å². The molecule has 0 aliphatic heterocycles. The van der Waals surface area contributed by atoms with Crippen molar-refractivity contribution in [3.8, 4) is 0 Å². The standard InChI is InChI=1S/C21H25ClN6/c1-15(17-9-5-4-6-10-17)25-21(23-13-18-11-7-8-12-19(18)22)24-14-20-27-26-16(2)28(20)3/h4-12,15H,13-14H2,1-3H3,(H2,23,24,25). The second kappa shape index (κ2) is 9.37. The van der Waals surface area contributed by atoms with Crippen LogP contribution in [0.15, 0.2) is 59.6 Å². The number of benzene rings is 2. The minimum atomic E-state index is 0.0972. The van der Waals surface area contributed by atoms with E-state index in [0.717, 1.165) is 17.2 Å². The zero-order valence-electron chi connectivity index (χ0n) is 16.4. The van der Waals surface area contributed by atoms with E-state index < -0.39 is 0 Å². The quantitative estimate of drug-likeness (QED) is 0.491. The number of nitrogens with zero attached hydrogens (tertiary/aromatic N) is 4. The molecule has 7 heteroatoms. The van der Waals surface area contributed by atoms with E-state index in [-0.39, 0.29) is 6.04 Å². The zero-order chi connectivity index (χ0) is 19.9. The first-order valence-electron chi connectivity index (χ1n) is 9.22. The van der Waals surface area contributed by atoms with E-state index in [1.807, 2.05) is 61.0 Å². The Morgan fingerprint density at radius 2 is 1.82 bits per heavy atom. The molecule has 2 N–H and O–H groups in total. The maximum atomic E-state index is 6.27. The van der Waals surface area contributed by atoms with Gasteiger partial charge in [-0.05, 0) is 31.0 Å². The van der Waals surface area contributed by atoms with Gasteiger partial charge in [-0.1, -0.05) is 60.1 Å². The summed E-state index contributed by atoms with van der Waals surface area (Å²) in [6.45, 7) is 5.04. The van der Waals surface area contributed by atoms with Crippen molar-refractivity contribution in [2.45, 2.75) is 33.0 Å². The fourth-order valence-corrected chi connectivity index (χ4v) is 2.94. The number of aliphatic imine (C=N–C) groups is 1. The first kappa shape index (κ1) is 19.9. The third-order valence-corrected chi connectivity index (χ3v) is 4.98. The Hall–Kier alpha value is -2.86. The predicted molar refractivity (Wildman–Crippen MR) is 113 cm³/mol. The van der Waals surface area contributed by atoms with Crippen molar-refractivity contribution in [2.75, 3.05) is 0 Å². The molecule has 1 aromatic heterocycles. The molecule has 0 saturated heterocycles. The molecule has 3 aromatic rings. The van der Waals surface area contributed by atoms with Crippen molar-refractivity contribution >= 4 is 17.6 Å². The van der Waals surface area contributed by atoms with Gasteiger partial charge in [0.25, 0.3) is 0 Å². The van der Waals surface area contributed by atoms with E-state index in [1.54, 1.807) is 0 Å². The fourth-order valence-electron chi connectivity index (χ4n) is 2.74. The highest BCUT2D eigenvalue weighted by Crippen LogP contribution is 2.16. The Bertz CT molecular complexity index is 935. The van der Waals surface area contributed by atoms with Crippen LogP contribution in [0.1, 0.15) is 35.7 Å². The van der Waals surface area contributed by atoms with Crippen LogP contribution in [0.4, 0.5) is 0 Å². The summed E-state index contributed by atoms with van der Waals surface area (Å²) in [6, 6.07) is 18.1. The van der Waals surface area contributed by atoms with Crippen molar-refractivity contribution in [3.05, 3.63) is 82.4 Å². The van der Waals surface area contributed by atoms with Crippen molar-refractivity contribution in [2.24, 2.45) is 12.0 Å². The number of aromatic nitrogens is 3. The fraction of sp³-hybridized carbons (Fsp3) is 0.286. The molecule has 2 aromatic carbocycles. The summed E-state index contributed by atoms with van der Waals surface area (Å²) in [5, 5.41) is 15.8. The first-order chi connectivity index (χ1) is 13.5. The van der Waals surface area contributed by atoms with Crippen LogP contribution in [-0.2, 0) is 20.1 Å². The number of hydrogen-bond acceptors (Lipinski definition) is 3. The lowest BCUT2D eigenvalue weighted by Crippen LogP contribution is -2.39. The number of rotatable bonds is 6. The van der Waals surface area contributed by atoms with E-state index in [4.69, 9.17) is 16.6 Å². The maximum Gasteiger partial charge on any atom is 0.192 e. The highest BCUT2D eigenvalue weighted by Gasteiger charge is 2.10. The number of aryl methyl sites for hydroxylation is 1. The van der Waals surface area contributed by atoms with E-state index in [9.17, 15) is 0 Å². The van der Waals surface area contributed by atoms with Gasteiger partial charge in [-0.25, -0.2) is 4.99 Å². The molecule has 1 unspecified atom stereocenters. The monoisotopic (exact) mass is 396 g/mol. The molecule has 0 aliphatic rings. The topological polar surface area (TPSA) is 67.1 Å². The third-order valence-electron chi connectivity index (χ3n) is 4.61. The first-order valence-corrected chi connectivity index (χ1v) is 9.60. The lowest BCUT2D eigenvalue weighted by atomic mass is 10.1. The average molecular weight is 397 g/mol. The zero-order valence-corrected chi connectivity index (χ0v) is 17.1. The number of guanidine groups is 1. The van der Waals surface area contributed by atoms with Gasteiger partial charge in [0.2, 0.25) is 0 Å².